The van der Waals surface area contributed by atoms with Gasteiger partial charge in [0.15, 0.2) is 0 Å². The van der Waals surface area contributed by atoms with Crippen LogP contribution in [-0.2, 0) is 0 Å². The maximum atomic E-state index is 12.7. The fourth-order valence-corrected chi connectivity index (χ4v) is 3.54. The van der Waals surface area contributed by atoms with Crippen molar-refractivity contribution in [2.24, 2.45) is 0 Å². The largest absolute Gasteiger partial charge is 0.394 e. The summed E-state index contributed by atoms with van der Waals surface area (Å²) >= 11 is 0. The lowest BCUT2D eigenvalue weighted by molar-refractivity contribution is 0.349. The Kier molecular flexibility index (Phi) is 4.56. The van der Waals surface area contributed by atoms with Gasteiger partial charge in [0.05, 0.1) is 11.4 Å². The number of nitrogens with two attached hydrogens (primary N) is 1. The van der Waals surface area contributed by atoms with Crippen molar-refractivity contribution >= 4 is 5.69 Å². The first-order chi connectivity index (χ1) is 11.1. The van der Waals surface area contributed by atoms with Crippen molar-refractivity contribution in [1.29, 1.82) is 0 Å². The number of benzene rings is 1. The third-order valence-corrected chi connectivity index (χ3v) is 4.96. The van der Waals surface area contributed by atoms with Gasteiger partial charge in [0.25, 0.3) is 5.56 Å². The summed E-state index contributed by atoms with van der Waals surface area (Å²) in [4.78, 5) is 12.7. The van der Waals surface area contributed by atoms with Gasteiger partial charge in [0, 0.05) is 6.04 Å². The topological polar surface area (TPSA) is 48.0 Å². The molecule has 2 aromatic rings. The van der Waals surface area contributed by atoms with Gasteiger partial charge in [-0.3, -0.25) is 4.79 Å². The zero-order valence-corrected chi connectivity index (χ0v) is 14.1. The van der Waals surface area contributed by atoms with Crippen LogP contribution in [0.1, 0.15) is 63.5 Å². The number of nitrogens with zero attached hydrogens (tertiary/aromatic N) is 1. The molecule has 1 heterocycles. The van der Waals surface area contributed by atoms with E-state index in [-0.39, 0.29) is 11.6 Å². The highest BCUT2D eigenvalue weighted by Crippen LogP contribution is 2.32. The van der Waals surface area contributed by atoms with Crippen LogP contribution >= 0.6 is 0 Å². The highest BCUT2D eigenvalue weighted by molar-refractivity contribution is 5.62. The molecule has 0 aliphatic heterocycles. The van der Waals surface area contributed by atoms with Crippen LogP contribution in [0.2, 0.25) is 0 Å². The summed E-state index contributed by atoms with van der Waals surface area (Å²) in [5.41, 5.74) is 9.61. The lowest BCUT2D eigenvalue weighted by Gasteiger charge is -2.27. The molecule has 1 aliphatic rings. The van der Waals surface area contributed by atoms with Gasteiger partial charge in [0.1, 0.15) is 0 Å². The maximum Gasteiger partial charge on any atom is 0.274 e. The molecule has 0 amide bonds. The van der Waals surface area contributed by atoms with E-state index in [1.54, 1.807) is 6.07 Å². The molecule has 3 heteroatoms. The first kappa shape index (κ1) is 15.9. The summed E-state index contributed by atoms with van der Waals surface area (Å²) < 4.78 is 1.94. The Morgan fingerprint density at radius 1 is 1.00 bits per heavy atom. The molecule has 3 nitrogen and oxygen atoms in total. The highest BCUT2D eigenvalue weighted by Gasteiger charge is 2.20. The van der Waals surface area contributed by atoms with E-state index in [2.05, 4.69) is 38.1 Å². The van der Waals surface area contributed by atoms with Crippen LogP contribution in [-0.4, -0.2) is 4.57 Å². The molecule has 0 bridgehead atoms. The molecule has 122 valence electrons. The van der Waals surface area contributed by atoms with Crippen molar-refractivity contribution < 1.29 is 0 Å². The van der Waals surface area contributed by atoms with Gasteiger partial charge in [-0.2, -0.15) is 0 Å². The molecule has 2 N–H and O–H groups in total. The molecule has 23 heavy (non-hydrogen) atoms. The van der Waals surface area contributed by atoms with Crippen LogP contribution in [0.3, 0.4) is 0 Å². The van der Waals surface area contributed by atoms with E-state index in [9.17, 15) is 4.79 Å². The smallest absolute Gasteiger partial charge is 0.274 e. The van der Waals surface area contributed by atoms with E-state index in [0.29, 0.717) is 11.6 Å². The molecule has 0 spiro atoms. The standard InChI is InChI=1S/C20H26N2O/c1-14(2)15-8-10-16(11-9-15)19-13-12-18(21)20(23)22(19)17-6-4-3-5-7-17/h8-14,17H,3-7,21H2,1-2H3. The number of hydrogen-bond donors (Lipinski definition) is 1. The minimum atomic E-state index is -0.0395. The molecular formula is C20H26N2O. The van der Waals surface area contributed by atoms with E-state index in [1.165, 1.54) is 24.8 Å². The first-order valence-electron chi connectivity index (χ1n) is 8.69. The molecule has 0 saturated heterocycles. The van der Waals surface area contributed by atoms with E-state index < -0.39 is 0 Å². The number of nitrogen functional groups attached to an aromatic ring is 1. The average Bonchev–Trinajstić information content (AvgIpc) is 2.58. The van der Waals surface area contributed by atoms with E-state index >= 15 is 0 Å². The summed E-state index contributed by atoms with van der Waals surface area (Å²) in [6, 6.07) is 12.6. The van der Waals surface area contributed by atoms with E-state index in [1.807, 2.05) is 10.6 Å². The fraction of sp³-hybridized carbons (Fsp3) is 0.450. The van der Waals surface area contributed by atoms with Crippen LogP contribution in [0, 0.1) is 0 Å². The molecule has 3 rings (SSSR count). The number of rotatable bonds is 3. The number of anilines is 1. The summed E-state index contributed by atoms with van der Waals surface area (Å²) in [6.07, 6.45) is 5.79. The maximum absolute atomic E-state index is 12.7. The third-order valence-electron chi connectivity index (χ3n) is 4.96. The lowest BCUT2D eigenvalue weighted by Crippen LogP contribution is -2.29. The quantitative estimate of drug-likeness (QED) is 0.891. The van der Waals surface area contributed by atoms with Crippen molar-refractivity contribution in [1.82, 2.24) is 4.57 Å². The molecule has 1 saturated carbocycles. The van der Waals surface area contributed by atoms with Crippen molar-refractivity contribution in [3.63, 3.8) is 0 Å². The van der Waals surface area contributed by atoms with E-state index in [0.717, 1.165) is 24.1 Å². The summed E-state index contributed by atoms with van der Waals surface area (Å²) in [6.45, 7) is 4.38. The van der Waals surface area contributed by atoms with Crippen LogP contribution in [0.25, 0.3) is 11.3 Å². The second kappa shape index (κ2) is 6.61. The van der Waals surface area contributed by atoms with Crippen LogP contribution in [0.15, 0.2) is 41.2 Å². The fourth-order valence-electron chi connectivity index (χ4n) is 3.54. The minimum Gasteiger partial charge on any atom is -0.394 e. The molecule has 1 aromatic carbocycles. The van der Waals surface area contributed by atoms with Gasteiger partial charge >= 0.3 is 0 Å². The van der Waals surface area contributed by atoms with Crippen LogP contribution < -0.4 is 11.3 Å². The van der Waals surface area contributed by atoms with Gasteiger partial charge < -0.3 is 10.3 Å². The Morgan fingerprint density at radius 3 is 2.26 bits per heavy atom. The molecule has 0 radical (unpaired) electrons. The van der Waals surface area contributed by atoms with Gasteiger partial charge in [-0.05, 0) is 42.0 Å². The Balaban J connectivity index is 2.07. The normalized spacial score (nSPS) is 16.0. The second-order valence-corrected chi connectivity index (χ2v) is 6.92. The van der Waals surface area contributed by atoms with Crippen molar-refractivity contribution in [2.75, 3.05) is 5.73 Å². The van der Waals surface area contributed by atoms with Crippen LogP contribution in [0.5, 0.6) is 0 Å². The monoisotopic (exact) mass is 310 g/mol. The average molecular weight is 310 g/mol. The Hall–Kier alpha value is -2.03. The van der Waals surface area contributed by atoms with E-state index in [4.69, 9.17) is 5.73 Å². The molecule has 1 aromatic heterocycles. The predicted octanol–water partition coefficient (Wildman–Crippen LogP) is 4.73. The summed E-state index contributed by atoms with van der Waals surface area (Å²) in [5, 5.41) is 0. The van der Waals surface area contributed by atoms with Gasteiger partial charge in [-0.25, -0.2) is 0 Å². The minimum absolute atomic E-state index is 0.0395. The van der Waals surface area contributed by atoms with Crippen molar-refractivity contribution in [2.45, 2.75) is 57.9 Å². The Morgan fingerprint density at radius 2 is 1.65 bits per heavy atom. The Labute approximate surface area is 138 Å². The predicted molar refractivity (Wildman–Crippen MR) is 96.8 cm³/mol. The highest BCUT2D eigenvalue weighted by atomic mass is 16.1. The second-order valence-electron chi connectivity index (χ2n) is 6.92. The van der Waals surface area contributed by atoms with Crippen molar-refractivity contribution in [3.8, 4) is 11.3 Å². The van der Waals surface area contributed by atoms with Gasteiger partial charge in [-0.15, -0.1) is 0 Å². The van der Waals surface area contributed by atoms with Crippen molar-refractivity contribution in [3.05, 3.63) is 52.3 Å². The van der Waals surface area contributed by atoms with Crippen LogP contribution in [0.4, 0.5) is 5.69 Å². The van der Waals surface area contributed by atoms with Gasteiger partial charge in [0.2, 0.25) is 0 Å². The molecule has 0 unspecified atom stereocenters. The molecule has 0 atom stereocenters. The Bertz CT molecular complexity index is 722. The summed E-state index contributed by atoms with van der Waals surface area (Å²) in [5.74, 6) is 0.510. The third kappa shape index (κ3) is 3.19. The SMILES string of the molecule is CC(C)c1ccc(-c2ccc(N)c(=O)n2C2CCCCC2)cc1. The zero-order chi connectivity index (χ0) is 16.4. The molecule has 1 aliphatic carbocycles. The summed E-state index contributed by atoms with van der Waals surface area (Å²) in [7, 11) is 0. The number of aromatic nitrogens is 1. The zero-order valence-electron chi connectivity index (χ0n) is 14.1. The number of pyridine rings is 1. The lowest BCUT2D eigenvalue weighted by atomic mass is 9.94. The first-order valence-corrected chi connectivity index (χ1v) is 8.69. The molecular weight excluding hydrogens is 284 g/mol. The molecule has 1 fully saturated rings. The number of hydrogen-bond acceptors (Lipinski definition) is 2. The van der Waals surface area contributed by atoms with Gasteiger partial charge in [-0.1, -0.05) is 57.4 Å².